The molecule has 1 unspecified atom stereocenters. The summed E-state index contributed by atoms with van der Waals surface area (Å²) in [4.78, 5) is 39.5. The number of benzene rings is 3. The van der Waals surface area contributed by atoms with Gasteiger partial charge in [-0.05, 0) is 67.4 Å². The molecule has 166 valence electrons. The number of hydrogen-bond donors (Lipinski definition) is 1. The molecular weight excluding hydrogens is 420 g/mol. The molecule has 2 aliphatic heterocycles. The number of fused-ring (bicyclic) bond motifs is 1. The number of carbonyl (C=O) groups excluding carboxylic acids is 3. The van der Waals surface area contributed by atoms with Gasteiger partial charge in [0, 0.05) is 17.9 Å². The maximum absolute atomic E-state index is 12.8. The monoisotopic (exact) mass is 442 g/mol. The van der Waals surface area contributed by atoms with Gasteiger partial charge in [0.25, 0.3) is 17.7 Å². The van der Waals surface area contributed by atoms with E-state index < -0.39 is 0 Å². The largest absolute Gasteiger partial charge is 0.457 e. The van der Waals surface area contributed by atoms with Gasteiger partial charge in [0.15, 0.2) is 0 Å². The van der Waals surface area contributed by atoms with E-state index in [1.165, 1.54) is 17.0 Å². The Labute approximate surface area is 190 Å². The lowest BCUT2D eigenvalue weighted by molar-refractivity contribution is 0.0475. The topological polar surface area (TPSA) is 84.9 Å². The highest BCUT2D eigenvalue weighted by molar-refractivity contribution is 6.22. The number of imide groups is 1. The summed E-state index contributed by atoms with van der Waals surface area (Å²) < 4.78 is 11.3. The maximum Gasteiger partial charge on any atom is 0.261 e. The fraction of sp³-hybridized carbons (Fsp3) is 0.192. The molecule has 0 saturated carbocycles. The molecule has 0 spiro atoms. The molecule has 2 aliphatic rings. The molecule has 0 aromatic heterocycles. The van der Waals surface area contributed by atoms with Gasteiger partial charge in [-0.3, -0.25) is 19.3 Å². The minimum Gasteiger partial charge on any atom is -0.457 e. The highest BCUT2D eigenvalue weighted by Crippen LogP contribution is 2.27. The molecule has 1 saturated heterocycles. The van der Waals surface area contributed by atoms with Gasteiger partial charge in [0.05, 0.1) is 23.8 Å². The normalized spacial score (nSPS) is 17.2. The van der Waals surface area contributed by atoms with Gasteiger partial charge >= 0.3 is 0 Å². The molecule has 0 bridgehead atoms. The van der Waals surface area contributed by atoms with Crippen molar-refractivity contribution in [1.29, 1.82) is 0 Å². The van der Waals surface area contributed by atoms with Crippen LogP contribution in [0.2, 0.25) is 0 Å². The SMILES string of the molecule is O=C(Nc1ccc(Oc2ccccc2)cc1)c1ccc2c(c1)C(=O)N(CC1CCCO1)C2=O. The Hall–Kier alpha value is -3.97. The van der Waals surface area contributed by atoms with Gasteiger partial charge < -0.3 is 14.8 Å². The van der Waals surface area contributed by atoms with Crippen LogP contribution in [0.25, 0.3) is 0 Å². The molecule has 2 heterocycles. The average molecular weight is 442 g/mol. The van der Waals surface area contributed by atoms with Crippen LogP contribution in [0.3, 0.4) is 0 Å². The average Bonchev–Trinajstić information content (AvgIpc) is 3.44. The number of hydrogen-bond acceptors (Lipinski definition) is 5. The molecule has 0 aliphatic carbocycles. The molecule has 1 N–H and O–H groups in total. The first-order chi connectivity index (χ1) is 16.1. The van der Waals surface area contributed by atoms with Gasteiger partial charge in [-0.25, -0.2) is 0 Å². The third-order valence-electron chi connectivity index (χ3n) is 5.73. The van der Waals surface area contributed by atoms with E-state index in [9.17, 15) is 14.4 Å². The first kappa shape index (κ1) is 20.9. The third kappa shape index (κ3) is 4.36. The second-order valence-corrected chi connectivity index (χ2v) is 8.01. The summed E-state index contributed by atoms with van der Waals surface area (Å²) in [5.41, 5.74) is 1.45. The summed E-state index contributed by atoms with van der Waals surface area (Å²) in [6, 6.07) is 21.0. The van der Waals surface area contributed by atoms with Crippen molar-refractivity contribution in [2.24, 2.45) is 0 Å². The van der Waals surface area contributed by atoms with Crippen molar-refractivity contribution in [2.45, 2.75) is 18.9 Å². The van der Waals surface area contributed by atoms with Crippen molar-refractivity contribution < 1.29 is 23.9 Å². The van der Waals surface area contributed by atoms with Crippen molar-refractivity contribution >= 4 is 23.4 Å². The minimum atomic E-state index is -0.387. The summed E-state index contributed by atoms with van der Waals surface area (Å²) in [6.07, 6.45) is 1.64. The predicted molar refractivity (Wildman–Crippen MR) is 122 cm³/mol. The Balaban J connectivity index is 1.26. The van der Waals surface area contributed by atoms with Crippen LogP contribution in [0.1, 0.15) is 43.9 Å². The van der Waals surface area contributed by atoms with Crippen molar-refractivity contribution in [3.8, 4) is 11.5 Å². The molecule has 1 fully saturated rings. The number of ether oxygens (including phenoxy) is 2. The van der Waals surface area contributed by atoms with E-state index >= 15 is 0 Å². The Morgan fingerprint density at radius 1 is 0.939 bits per heavy atom. The van der Waals surface area contributed by atoms with Crippen LogP contribution >= 0.6 is 0 Å². The van der Waals surface area contributed by atoms with Crippen molar-refractivity contribution in [3.63, 3.8) is 0 Å². The third-order valence-corrected chi connectivity index (χ3v) is 5.73. The van der Waals surface area contributed by atoms with E-state index in [2.05, 4.69) is 5.32 Å². The van der Waals surface area contributed by atoms with E-state index in [1.807, 2.05) is 30.3 Å². The highest BCUT2D eigenvalue weighted by atomic mass is 16.5. The second kappa shape index (κ2) is 8.88. The fourth-order valence-electron chi connectivity index (χ4n) is 4.02. The zero-order valence-electron chi connectivity index (χ0n) is 17.8. The molecule has 3 aromatic carbocycles. The van der Waals surface area contributed by atoms with Crippen LogP contribution < -0.4 is 10.1 Å². The van der Waals surface area contributed by atoms with Crippen LogP contribution in [0.4, 0.5) is 5.69 Å². The van der Waals surface area contributed by atoms with Crippen LogP contribution in [0.5, 0.6) is 11.5 Å². The number of amides is 3. The van der Waals surface area contributed by atoms with E-state index in [-0.39, 0.29) is 35.9 Å². The Morgan fingerprint density at radius 3 is 2.39 bits per heavy atom. The molecule has 3 aromatic rings. The first-order valence-corrected chi connectivity index (χ1v) is 10.8. The van der Waals surface area contributed by atoms with Gasteiger partial charge in [-0.2, -0.15) is 0 Å². The quantitative estimate of drug-likeness (QED) is 0.568. The molecule has 33 heavy (non-hydrogen) atoms. The number of nitrogens with zero attached hydrogens (tertiary/aromatic N) is 1. The molecular formula is C26H22N2O5. The zero-order chi connectivity index (χ0) is 22.8. The minimum absolute atomic E-state index is 0.121. The van der Waals surface area contributed by atoms with Crippen LogP contribution in [0.15, 0.2) is 72.8 Å². The molecule has 0 radical (unpaired) electrons. The molecule has 7 heteroatoms. The summed E-state index contributed by atoms with van der Waals surface area (Å²) >= 11 is 0. The van der Waals surface area contributed by atoms with E-state index in [0.29, 0.717) is 29.2 Å². The Bertz CT molecular complexity index is 1200. The van der Waals surface area contributed by atoms with Crippen LogP contribution in [-0.2, 0) is 4.74 Å². The summed E-state index contributed by atoms with van der Waals surface area (Å²) in [6.45, 7) is 0.892. The number of rotatable bonds is 6. The summed E-state index contributed by atoms with van der Waals surface area (Å²) in [5, 5.41) is 2.81. The summed E-state index contributed by atoms with van der Waals surface area (Å²) in [5.74, 6) is 0.272. The lowest BCUT2D eigenvalue weighted by atomic mass is 10.1. The Kier molecular flexibility index (Phi) is 5.62. The smallest absolute Gasteiger partial charge is 0.261 e. The number of para-hydroxylation sites is 1. The molecule has 1 atom stereocenters. The van der Waals surface area contributed by atoms with Gasteiger partial charge in [0.1, 0.15) is 11.5 Å². The van der Waals surface area contributed by atoms with Crippen LogP contribution in [0, 0.1) is 0 Å². The van der Waals surface area contributed by atoms with Gasteiger partial charge in [0.2, 0.25) is 0 Å². The number of nitrogens with one attached hydrogen (secondary N) is 1. The van der Waals surface area contributed by atoms with E-state index in [1.54, 1.807) is 30.3 Å². The fourth-order valence-corrected chi connectivity index (χ4v) is 4.02. The predicted octanol–water partition coefficient (Wildman–Crippen LogP) is 4.51. The van der Waals surface area contributed by atoms with E-state index in [0.717, 1.165) is 18.6 Å². The van der Waals surface area contributed by atoms with Crippen molar-refractivity contribution in [2.75, 3.05) is 18.5 Å². The lowest BCUT2D eigenvalue weighted by Gasteiger charge is -2.17. The molecule has 5 rings (SSSR count). The lowest BCUT2D eigenvalue weighted by Crippen LogP contribution is -2.36. The van der Waals surface area contributed by atoms with Crippen LogP contribution in [-0.4, -0.2) is 41.9 Å². The van der Waals surface area contributed by atoms with E-state index in [4.69, 9.17) is 9.47 Å². The first-order valence-electron chi connectivity index (χ1n) is 10.8. The molecule has 3 amide bonds. The summed E-state index contributed by atoms with van der Waals surface area (Å²) in [7, 11) is 0. The molecule has 7 nitrogen and oxygen atoms in total. The van der Waals surface area contributed by atoms with Crippen molar-refractivity contribution in [3.05, 3.63) is 89.5 Å². The Morgan fingerprint density at radius 2 is 1.67 bits per heavy atom. The van der Waals surface area contributed by atoms with Gasteiger partial charge in [-0.15, -0.1) is 0 Å². The maximum atomic E-state index is 12.8. The second-order valence-electron chi connectivity index (χ2n) is 8.01. The number of anilines is 1. The zero-order valence-corrected chi connectivity index (χ0v) is 17.8. The number of carbonyl (C=O) groups is 3. The van der Waals surface area contributed by atoms with Gasteiger partial charge in [-0.1, -0.05) is 18.2 Å². The highest BCUT2D eigenvalue weighted by Gasteiger charge is 2.37. The van der Waals surface area contributed by atoms with Crippen molar-refractivity contribution in [1.82, 2.24) is 4.90 Å². The standard InChI is InChI=1S/C26H22N2O5/c29-24(27-18-9-11-20(12-10-18)33-19-5-2-1-3-6-19)17-8-13-22-23(15-17)26(31)28(25(22)30)16-21-7-4-14-32-21/h1-3,5-6,8-13,15,21H,4,7,14,16H2,(H,27,29).